The van der Waals surface area contributed by atoms with Crippen molar-refractivity contribution in [3.8, 4) is 0 Å². The molecule has 1 aliphatic heterocycles. The second kappa shape index (κ2) is 6.08. The van der Waals surface area contributed by atoms with Crippen LogP contribution in [0.5, 0.6) is 0 Å². The topological polar surface area (TPSA) is 66.6 Å². The van der Waals surface area contributed by atoms with Crippen LogP contribution in [0.25, 0.3) is 0 Å². The summed E-state index contributed by atoms with van der Waals surface area (Å²) in [5.41, 5.74) is 5.59. The van der Waals surface area contributed by atoms with Crippen molar-refractivity contribution in [2.75, 3.05) is 26.7 Å². The number of rotatable bonds is 4. The number of nitrogens with two attached hydrogens (primary N) is 1. The summed E-state index contributed by atoms with van der Waals surface area (Å²) >= 11 is 0. The molecular weight excluding hydrogens is 262 g/mol. The van der Waals surface area contributed by atoms with Crippen molar-refractivity contribution in [2.45, 2.75) is 56.9 Å². The van der Waals surface area contributed by atoms with Gasteiger partial charge in [-0.15, -0.1) is 0 Å². The SMILES string of the molecule is CN(C1(CN)CCCCC1)S(=O)(=O)N1CCCCC1. The second-order valence-corrected chi connectivity index (χ2v) is 7.88. The molecule has 5 nitrogen and oxygen atoms in total. The average Bonchev–Trinajstić information content (AvgIpc) is 2.48. The van der Waals surface area contributed by atoms with Gasteiger partial charge < -0.3 is 5.73 Å². The Bertz CT molecular complexity index is 385. The first-order chi connectivity index (χ1) is 9.03. The van der Waals surface area contributed by atoms with Crippen LogP contribution in [0.4, 0.5) is 0 Å². The van der Waals surface area contributed by atoms with E-state index in [1.54, 1.807) is 15.7 Å². The number of hydrogen-bond donors (Lipinski definition) is 1. The molecule has 2 fully saturated rings. The highest BCUT2D eigenvalue weighted by atomic mass is 32.2. The van der Waals surface area contributed by atoms with Crippen molar-refractivity contribution in [1.82, 2.24) is 8.61 Å². The van der Waals surface area contributed by atoms with Crippen LogP contribution in [-0.4, -0.2) is 49.2 Å². The predicted octanol–water partition coefficient (Wildman–Crippen LogP) is 1.31. The molecule has 2 N–H and O–H groups in total. The first-order valence-electron chi connectivity index (χ1n) is 7.47. The molecule has 0 aromatic heterocycles. The lowest BCUT2D eigenvalue weighted by Crippen LogP contribution is -2.59. The molecule has 1 aliphatic carbocycles. The van der Waals surface area contributed by atoms with Crippen LogP contribution in [0.3, 0.4) is 0 Å². The van der Waals surface area contributed by atoms with Crippen LogP contribution in [-0.2, 0) is 10.2 Å². The van der Waals surface area contributed by atoms with E-state index in [1.165, 1.54) is 6.42 Å². The van der Waals surface area contributed by atoms with E-state index in [4.69, 9.17) is 5.73 Å². The molecule has 0 unspecified atom stereocenters. The molecule has 2 rings (SSSR count). The van der Waals surface area contributed by atoms with Crippen molar-refractivity contribution < 1.29 is 8.42 Å². The van der Waals surface area contributed by atoms with Gasteiger partial charge in [-0.05, 0) is 25.7 Å². The third kappa shape index (κ3) is 2.96. The molecule has 1 saturated heterocycles. The Kier molecular flexibility index (Phi) is 4.87. The van der Waals surface area contributed by atoms with E-state index in [9.17, 15) is 8.42 Å². The third-order valence-corrected chi connectivity index (χ3v) is 6.92. The fourth-order valence-corrected chi connectivity index (χ4v) is 5.18. The van der Waals surface area contributed by atoms with Crippen LogP contribution < -0.4 is 5.73 Å². The number of likely N-dealkylation sites (N-methyl/N-ethyl adjacent to an activating group) is 1. The molecule has 0 aromatic carbocycles. The second-order valence-electron chi connectivity index (χ2n) is 5.92. The highest BCUT2D eigenvalue weighted by molar-refractivity contribution is 7.86. The number of hydrogen-bond acceptors (Lipinski definition) is 3. The number of piperidine rings is 1. The first kappa shape index (κ1) is 15.2. The monoisotopic (exact) mass is 289 g/mol. The van der Waals surface area contributed by atoms with E-state index in [1.807, 2.05) is 0 Å². The van der Waals surface area contributed by atoms with Crippen LogP contribution in [0.2, 0.25) is 0 Å². The van der Waals surface area contributed by atoms with Crippen LogP contribution >= 0.6 is 0 Å². The molecule has 0 amide bonds. The van der Waals surface area contributed by atoms with Gasteiger partial charge in [0, 0.05) is 32.2 Å². The molecule has 0 radical (unpaired) electrons. The summed E-state index contributed by atoms with van der Waals surface area (Å²) in [5, 5.41) is 0. The summed E-state index contributed by atoms with van der Waals surface area (Å²) in [6, 6.07) is 0. The summed E-state index contributed by atoms with van der Waals surface area (Å²) in [4.78, 5) is 0. The van der Waals surface area contributed by atoms with Gasteiger partial charge in [-0.3, -0.25) is 0 Å². The molecule has 112 valence electrons. The Morgan fingerprint density at radius 3 is 2.11 bits per heavy atom. The molecule has 2 aliphatic rings. The molecule has 1 heterocycles. The van der Waals surface area contributed by atoms with E-state index in [-0.39, 0.29) is 5.54 Å². The Hall–Kier alpha value is -0.170. The normalized spacial score (nSPS) is 25.6. The van der Waals surface area contributed by atoms with Gasteiger partial charge >= 0.3 is 0 Å². The number of nitrogens with zero attached hydrogens (tertiary/aromatic N) is 2. The van der Waals surface area contributed by atoms with Gasteiger partial charge in [-0.1, -0.05) is 25.7 Å². The van der Waals surface area contributed by atoms with Crippen molar-refractivity contribution in [3.63, 3.8) is 0 Å². The predicted molar refractivity (Wildman–Crippen MR) is 77.0 cm³/mol. The summed E-state index contributed by atoms with van der Waals surface area (Å²) in [6.07, 6.45) is 8.23. The van der Waals surface area contributed by atoms with Crippen LogP contribution in [0, 0.1) is 0 Å². The molecule has 6 heteroatoms. The maximum Gasteiger partial charge on any atom is 0.282 e. The lowest BCUT2D eigenvalue weighted by Gasteiger charge is -2.45. The Balaban J connectivity index is 2.17. The van der Waals surface area contributed by atoms with Gasteiger partial charge in [-0.25, -0.2) is 0 Å². The van der Waals surface area contributed by atoms with Crippen molar-refractivity contribution >= 4 is 10.2 Å². The highest BCUT2D eigenvalue weighted by Gasteiger charge is 2.43. The Morgan fingerprint density at radius 2 is 1.58 bits per heavy atom. The molecule has 0 spiro atoms. The fourth-order valence-electron chi connectivity index (χ4n) is 3.37. The van der Waals surface area contributed by atoms with E-state index < -0.39 is 10.2 Å². The minimum absolute atomic E-state index is 0.353. The van der Waals surface area contributed by atoms with E-state index in [0.29, 0.717) is 19.6 Å². The minimum Gasteiger partial charge on any atom is -0.329 e. The molecule has 1 saturated carbocycles. The van der Waals surface area contributed by atoms with Crippen molar-refractivity contribution in [1.29, 1.82) is 0 Å². The lowest BCUT2D eigenvalue weighted by atomic mass is 9.82. The molecular formula is C13H27N3O2S. The molecule has 0 bridgehead atoms. The standard InChI is InChI=1S/C13H27N3O2S/c1-15(13(12-14)8-4-2-5-9-13)19(17,18)16-10-6-3-7-11-16/h2-12,14H2,1H3. The third-order valence-electron chi connectivity index (χ3n) is 4.82. The summed E-state index contributed by atoms with van der Waals surface area (Å²) in [6.45, 7) is 1.75. The van der Waals surface area contributed by atoms with Crippen LogP contribution in [0.15, 0.2) is 0 Å². The van der Waals surface area contributed by atoms with Crippen molar-refractivity contribution in [2.24, 2.45) is 5.73 Å². The van der Waals surface area contributed by atoms with Gasteiger partial charge in [0.1, 0.15) is 0 Å². The summed E-state index contributed by atoms with van der Waals surface area (Å²) in [5.74, 6) is 0. The maximum atomic E-state index is 12.7. The zero-order valence-corrected chi connectivity index (χ0v) is 12.8. The van der Waals surface area contributed by atoms with E-state index >= 15 is 0 Å². The molecule has 19 heavy (non-hydrogen) atoms. The highest BCUT2D eigenvalue weighted by Crippen LogP contribution is 2.34. The van der Waals surface area contributed by atoms with Gasteiger partial charge in [0.25, 0.3) is 10.2 Å². The minimum atomic E-state index is -3.35. The van der Waals surface area contributed by atoms with Gasteiger partial charge in [0.2, 0.25) is 0 Å². The fraction of sp³-hybridized carbons (Fsp3) is 1.00. The largest absolute Gasteiger partial charge is 0.329 e. The van der Waals surface area contributed by atoms with Crippen LogP contribution in [0.1, 0.15) is 51.4 Å². The Morgan fingerprint density at radius 1 is 1.05 bits per heavy atom. The molecule has 0 atom stereocenters. The lowest BCUT2D eigenvalue weighted by molar-refractivity contribution is 0.147. The quantitative estimate of drug-likeness (QED) is 0.848. The first-order valence-corrected chi connectivity index (χ1v) is 8.87. The zero-order chi connectivity index (χ0) is 13.9. The average molecular weight is 289 g/mol. The van der Waals surface area contributed by atoms with Gasteiger partial charge in [-0.2, -0.15) is 17.0 Å². The van der Waals surface area contributed by atoms with Gasteiger partial charge in [0.15, 0.2) is 0 Å². The van der Waals surface area contributed by atoms with E-state index in [2.05, 4.69) is 0 Å². The van der Waals surface area contributed by atoms with E-state index in [0.717, 1.165) is 44.9 Å². The summed E-state index contributed by atoms with van der Waals surface area (Å²) < 4.78 is 28.7. The summed E-state index contributed by atoms with van der Waals surface area (Å²) in [7, 11) is -1.62. The Labute approximate surface area is 117 Å². The zero-order valence-electron chi connectivity index (χ0n) is 12.0. The van der Waals surface area contributed by atoms with Crippen molar-refractivity contribution in [3.05, 3.63) is 0 Å². The van der Waals surface area contributed by atoms with Gasteiger partial charge in [0.05, 0.1) is 0 Å². The molecule has 0 aromatic rings. The maximum absolute atomic E-state index is 12.7. The smallest absolute Gasteiger partial charge is 0.282 e.